The largest absolute Gasteiger partial charge is 0.347 e. The zero-order valence-corrected chi connectivity index (χ0v) is 31.6. The van der Waals surface area contributed by atoms with Crippen molar-refractivity contribution in [3.05, 3.63) is 94.5 Å². The molecule has 17 heteroatoms. The SMILES string of the molecule is Cn1nc(NS(C)(=O)=O)c2c(Cl)ccc(-c3ccc(C#CC(C)(C)S(=O)(=O)C4CC4)nc3[C@H](Cc3cc(F)cc(F)c3)NC(=O)CCn3cccn3)c21. The number of halogens is 3. The van der Waals surface area contributed by atoms with E-state index in [9.17, 15) is 30.4 Å². The Hall–Kier alpha value is -4.85. The Labute approximate surface area is 310 Å². The third-order valence-electron chi connectivity index (χ3n) is 8.76. The minimum absolute atomic E-state index is 0.00514. The molecular formula is C36H36ClF2N7O5S2. The topological polar surface area (TPSA) is 158 Å². The first kappa shape index (κ1) is 37.9. The fourth-order valence-corrected chi connectivity index (χ4v) is 8.58. The van der Waals surface area contributed by atoms with Crippen molar-refractivity contribution in [3.8, 4) is 23.0 Å². The number of rotatable bonds is 12. The van der Waals surface area contributed by atoms with Gasteiger partial charge in [0.1, 0.15) is 22.1 Å². The van der Waals surface area contributed by atoms with E-state index in [1.807, 2.05) is 0 Å². The average Bonchev–Trinajstić information content (AvgIpc) is 3.71. The van der Waals surface area contributed by atoms with Crippen molar-refractivity contribution in [3.63, 3.8) is 0 Å². The zero-order valence-electron chi connectivity index (χ0n) is 29.2. The number of aryl methyl sites for hydroxylation is 2. The van der Waals surface area contributed by atoms with Gasteiger partial charge in [0.05, 0.1) is 39.2 Å². The number of hydrogen-bond donors (Lipinski definition) is 2. The van der Waals surface area contributed by atoms with Crippen molar-refractivity contribution in [1.29, 1.82) is 0 Å². The summed E-state index contributed by atoms with van der Waals surface area (Å²) in [4.78, 5) is 18.4. The lowest BCUT2D eigenvalue weighted by atomic mass is 9.93. The molecule has 0 bridgehead atoms. The second-order valence-electron chi connectivity index (χ2n) is 13.4. The molecular weight excluding hydrogens is 748 g/mol. The van der Waals surface area contributed by atoms with Gasteiger partial charge < -0.3 is 5.32 Å². The maximum absolute atomic E-state index is 14.5. The van der Waals surface area contributed by atoms with Gasteiger partial charge in [-0.15, -0.1) is 0 Å². The normalized spacial score (nSPS) is 14.1. The molecule has 3 heterocycles. The number of anilines is 1. The molecule has 2 aromatic carbocycles. The Morgan fingerprint density at radius 1 is 1.08 bits per heavy atom. The van der Waals surface area contributed by atoms with E-state index in [2.05, 4.69) is 32.1 Å². The first-order valence-electron chi connectivity index (χ1n) is 16.5. The molecule has 1 amide bonds. The van der Waals surface area contributed by atoms with Crippen LogP contribution in [0.25, 0.3) is 22.0 Å². The van der Waals surface area contributed by atoms with Crippen LogP contribution in [0.1, 0.15) is 56.1 Å². The predicted octanol–water partition coefficient (Wildman–Crippen LogP) is 5.33. The summed E-state index contributed by atoms with van der Waals surface area (Å²) < 4.78 is 83.8. The predicted molar refractivity (Wildman–Crippen MR) is 198 cm³/mol. The first-order valence-corrected chi connectivity index (χ1v) is 20.4. The Kier molecular flexibility index (Phi) is 10.4. The van der Waals surface area contributed by atoms with Crippen molar-refractivity contribution in [1.82, 2.24) is 29.9 Å². The number of pyridine rings is 1. The number of aromatic nitrogens is 5. The lowest BCUT2D eigenvalue weighted by molar-refractivity contribution is -0.122. The summed E-state index contributed by atoms with van der Waals surface area (Å²) in [5, 5.41) is 11.6. The molecule has 1 aliphatic rings. The van der Waals surface area contributed by atoms with Crippen LogP contribution in [0.2, 0.25) is 5.02 Å². The minimum atomic E-state index is -3.75. The summed E-state index contributed by atoms with van der Waals surface area (Å²) in [6.07, 6.45) is 5.34. The second kappa shape index (κ2) is 14.5. The molecule has 0 aliphatic heterocycles. The van der Waals surface area contributed by atoms with Gasteiger partial charge in [-0.3, -0.25) is 18.9 Å². The van der Waals surface area contributed by atoms with Gasteiger partial charge in [0, 0.05) is 49.6 Å². The molecule has 0 saturated heterocycles. The van der Waals surface area contributed by atoms with E-state index in [0.717, 1.165) is 24.5 Å². The van der Waals surface area contributed by atoms with Crippen molar-refractivity contribution >= 4 is 54.1 Å². The fourth-order valence-electron chi connectivity index (χ4n) is 6.06. The van der Waals surface area contributed by atoms with Crippen LogP contribution in [0, 0.1) is 23.5 Å². The quantitative estimate of drug-likeness (QED) is 0.161. The van der Waals surface area contributed by atoms with Crippen LogP contribution >= 0.6 is 11.6 Å². The minimum Gasteiger partial charge on any atom is -0.347 e. The Bertz CT molecular complexity index is 2490. The molecule has 3 aromatic heterocycles. The van der Waals surface area contributed by atoms with Crippen molar-refractivity contribution in [2.24, 2.45) is 7.05 Å². The zero-order chi connectivity index (χ0) is 38.3. The van der Waals surface area contributed by atoms with Crippen LogP contribution in [-0.2, 0) is 44.7 Å². The Balaban J connectivity index is 1.53. The summed E-state index contributed by atoms with van der Waals surface area (Å²) in [5.74, 6) is 3.76. The van der Waals surface area contributed by atoms with E-state index in [1.165, 1.54) is 4.68 Å². The standard InChI is InChI=1S/C36H36ClF2N7O5S2/c1-36(2,53(50,51)26-7-8-26)14-12-25-6-9-27(28-10-11-29(37)32-34(28)45(3)43-35(32)44-52(4,48)49)33(41-25)30(20-22-18-23(38)21-24(39)19-22)42-31(47)13-17-46-16-5-15-40-46/h5-6,9-11,15-16,18-19,21,26,30H,7-8,13,17,20H2,1-4H3,(H,42,47)(H,43,44)/t30-/m0/s1. The number of hydrogen-bond acceptors (Lipinski definition) is 8. The van der Waals surface area contributed by atoms with E-state index >= 15 is 0 Å². The highest BCUT2D eigenvalue weighted by Gasteiger charge is 2.45. The summed E-state index contributed by atoms with van der Waals surface area (Å²) in [6.45, 7) is 3.33. The first-order chi connectivity index (χ1) is 24.9. The molecule has 1 atom stereocenters. The molecule has 53 heavy (non-hydrogen) atoms. The highest BCUT2D eigenvalue weighted by molar-refractivity contribution is 7.93. The highest BCUT2D eigenvalue weighted by atomic mass is 35.5. The number of nitrogens with one attached hydrogen (secondary N) is 2. The number of nitrogens with zero attached hydrogens (tertiary/aromatic N) is 5. The molecule has 278 valence electrons. The van der Waals surface area contributed by atoms with Crippen LogP contribution in [0.3, 0.4) is 0 Å². The highest BCUT2D eigenvalue weighted by Crippen LogP contribution is 2.40. The Morgan fingerprint density at radius 2 is 1.77 bits per heavy atom. The van der Waals surface area contributed by atoms with Crippen LogP contribution in [0.4, 0.5) is 14.6 Å². The third kappa shape index (κ3) is 8.53. The number of amides is 1. The molecule has 1 aliphatic carbocycles. The van der Waals surface area contributed by atoms with Gasteiger partial charge in [-0.25, -0.2) is 30.6 Å². The maximum Gasteiger partial charge on any atom is 0.231 e. The van der Waals surface area contributed by atoms with Crippen molar-refractivity contribution in [2.75, 3.05) is 11.0 Å². The smallest absolute Gasteiger partial charge is 0.231 e. The van der Waals surface area contributed by atoms with E-state index in [4.69, 9.17) is 16.6 Å². The van der Waals surface area contributed by atoms with Crippen LogP contribution in [-0.4, -0.2) is 63.5 Å². The fraction of sp³-hybridized carbons (Fsp3) is 0.333. The number of fused-ring (bicyclic) bond motifs is 1. The number of carbonyl (C=O) groups is 1. The summed E-state index contributed by atoms with van der Waals surface area (Å²) in [5.41, 5.74) is 1.98. The van der Waals surface area contributed by atoms with Gasteiger partial charge in [0.15, 0.2) is 15.7 Å². The average molecular weight is 784 g/mol. The molecule has 1 saturated carbocycles. The van der Waals surface area contributed by atoms with E-state index in [1.54, 1.807) is 68.3 Å². The van der Waals surface area contributed by atoms with E-state index in [-0.39, 0.29) is 47.2 Å². The maximum atomic E-state index is 14.5. The molecule has 5 aromatic rings. The number of sulfonamides is 1. The molecule has 12 nitrogen and oxygen atoms in total. The van der Waals surface area contributed by atoms with Crippen LogP contribution < -0.4 is 10.0 Å². The van der Waals surface area contributed by atoms with Crippen molar-refractivity contribution in [2.45, 2.75) is 62.1 Å². The molecule has 0 spiro atoms. The second-order valence-corrected chi connectivity index (χ2v) is 18.4. The van der Waals surface area contributed by atoms with Gasteiger partial charge in [0.2, 0.25) is 15.9 Å². The van der Waals surface area contributed by atoms with Gasteiger partial charge >= 0.3 is 0 Å². The number of carbonyl (C=O) groups excluding carboxylic acids is 1. The van der Waals surface area contributed by atoms with Gasteiger partial charge in [0.25, 0.3) is 0 Å². The summed E-state index contributed by atoms with van der Waals surface area (Å²) in [6, 6.07) is 10.3. The van der Waals surface area contributed by atoms with E-state index < -0.39 is 53.4 Å². The number of sulfone groups is 1. The molecule has 6 rings (SSSR count). The van der Waals surface area contributed by atoms with Crippen molar-refractivity contribution < 1.29 is 30.4 Å². The van der Waals surface area contributed by atoms with Crippen LogP contribution in [0.15, 0.2) is 60.9 Å². The van der Waals surface area contributed by atoms with Gasteiger partial charge in [-0.05, 0) is 81.0 Å². The molecule has 2 N–H and O–H groups in total. The lowest BCUT2D eigenvalue weighted by Crippen LogP contribution is -2.33. The molecule has 0 unspecified atom stereocenters. The third-order valence-corrected chi connectivity index (χ3v) is 12.5. The Morgan fingerprint density at radius 3 is 2.42 bits per heavy atom. The summed E-state index contributed by atoms with van der Waals surface area (Å²) >= 11 is 6.62. The summed E-state index contributed by atoms with van der Waals surface area (Å²) in [7, 11) is -5.70. The van der Waals surface area contributed by atoms with E-state index in [0.29, 0.717) is 34.9 Å². The monoisotopic (exact) mass is 783 g/mol. The molecule has 0 radical (unpaired) electrons. The lowest BCUT2D eigenvalue weighted by Gasteiger charge is -2.23. The van der Waals surface area contributed by atoms with Gasteiger partial charge in [-0.2, -0.15) is 10.2 Å². The van der Waals surface area contributed by atoms with Gasteiger partial charge in [-0.1, -0.05) is 23.6 Å². The number of benzene rings is 2. The van der Waals surface area contributed by atoms with Crippen LogP contribution in [0.5, 0.6) is 0 Å². The molecule has 1 fully saturated rings.